The van der Waals surface area contributed by atoms with Gasteiger partial charge in [-0.2, -0.15) is 0 Å². The molecular weight excluding hydrogens is 388 g/mol. The minimum Gasteiger partial charge on any atom is -0.376 e. The van der Waals surface area contributed by atoms with Gasteiger partial charge in [0.1, 0.15) is 5.01 Å². The van der Waals surface area contributed by atoms with Crippen molar-refractivity contribution < 1.29 is 9.53 Å². The van der Waals surface area contributed by atoms with Gasteiger partial charge in [-0.15, -0.1) is 22.7 Å². The van der Waals surface area contributed by atoms with Crippen LogP contribution in [-0.4, -0.2) is 35.0 Å². The van der Waals surface area contributed by atoms with Crippen molar-refractivity contribution in [1.29, 1.82) is 0 Å². The van der Waals surface area contributed by atoms with Crippen molar-refractivity contribution in [2.75, 3.05) is 13.2 Å². The second-order valence-corrected chi connectivity index (χ2v) is 9.07. The molecule has 0 radical (unpaired) electrons. The second-order valence-electron chi connectivity index (χ2n) is 7.18. The number of nitrogens with zero attached hydrogens (tertiary/aromatic N) is 2. The quantitative estimate of drug-likeness (QED) is 0.553. The van der Waals surface area contributed by atoms with Gasteiger partial charge in [0.2, 0.25) is 5.91 Å². The van der Waals surface area contributed by atoms with Gasteiger partial charge in [0, 0.05) is 29.0 Å². The first-order valence-electron chi connectivity index (χ1n) is 9.60. The maximum atomic E-state index is 13.1. The third-order valence-electron chi connectivity index (χ3n) is 4.91. The summed E-state index contributed by atoms with van der Waals surface area (Å²) in [5, 5.41) is 5.02. The molecule has 3 heterocycles. The van der Waals surface area contributed by atoms with Crippen LogP contribution in [0, 0.1) is 6.92 Å². The smallest absolute Gasteiger partial charge is 0.229 e. The van der Waals surface area contributed by atoms with Crippen molar-refractivity contribution in [2.24, 2.45) is 0 Å². The minimum atomic E-state index is 0.115. The normalized spacial score (nSPS) is 16.4. The molecule has 0 bridgehead atoms. The summed E-state index contributed by atoms with van der Waals surface area (Å²) in [7, 11) is 0. The minimum absolute atomic E-state index is 0.115. The Hall–Kier alpha value is -2.02. The Morgan fingerprint density at radius 1 is 1.25 bits per heavy atom. The van der Waals surface area contributed by atoms with Crippen LogP contribution in [0.15, 0.2) is 47.2 Å². The number of hydrogen-bond donors (Lipinski definition) is 0. The molecule has 0 saturated carbocycles. The molecule has 1 unspecified atom stereocenters. The zero-order chi connectivity index (χ0) is 19.3. The van der Waals surface area contributed by atoms with Gasteiger partial charge in [-0.3, -0.25) is 4.79 Å². The molecule has 1 atom stereocenters. The van der Waals surface area contributed by atoms with Gasteiger partial charge in [-0.25, -0.2) is 4.98 Å². The second kappa shape index (κ2) is 8.99. The number of thiophene rings is 1. The summed E-state index contributed by atoms with van der Waals surface area (Å²) in [5.74, 6) is 0.115. The molecule has 1 saturated heterocycles. The van der Waals surface area contributed by atoms with Gasteiger partial charge in [-0.05, 0) is 31.2 Å². The number of ether oxygens (including phenoxy) is 1. The standard InChI is InChI=1S/C22H24N2O2S2/c1-16-6-8-17(9-7-16)22-23-18(15-28-22)12-21(25)24(13-19-4-2-10-26-19)14-20-5-3-11-27-20/h3,5-9,11,15,19H,2,4,10,12-14H2,1H3. The third-order valence-corrected chi connectivity index (χ3v) is 6.71. The number of carbonyl (C=O) groups excluding carboxylic acids is 1. The summed E-state index contributed by atoms with van der Waals surface area (Å²) >= 11 is 3.28. The third kappa shape index (κ3) is 4.87. The zero-order valence-corrected chi connectivity index (χ0v) is 17.6. The maximum Gasteiger partial charge on any atom is 0.229 e. The SMILES string of the molecule is Cc1ccc(-c2nc(CC(=O)N(Cc3cccs3)CC3CCCO3)cs2)cc1. The van der Waals surface area contributed by atoms with E-state index in [1.165, 1.54) is 10.4 Å². The highest BCUT2D eigenvalue weighted by molar-refractivity contribution is 7.13. The van der Waals surface area contributed by atoms with Crippen LogP contribution in [0.1, 0.15) is 29.0 Å². The molecule has 0 spiro atoms. The van der Waals surface area contributed by atoms with E-state index in [2.05, 4.69) is 42.6 Å². The highest BCUT2D eigenvalue weighted by atomic mass is 32.1. The Morgan fingerprint density at radius 3 is 2.82 bits per heavy atom. The maximum absolute atomic E-state index is 13.1. The fourth-order valence-corrected chi connectivity index (χ4v) is 4.91. The van der Waals surface area contributed by atoms with E-state index in [-0.39, 0.29) is 12.0 Å². The predicted octanol–water partition coefficient (Wildman–Crippen LogP) is 4.93. The highest BCUT2D eigenvalue weighted by Gasteiger charge is 2.23. The molecule has 4 rings (SSSR count). The van der Waals surface area contributed by atoms with Crippen molar-refractivity contribution in [3.8, 4) is 10.6 Å². The van der Waals surface area contributed by atoms with Crippen LogP contribution in [0.5, 0.6) is 0 Å². The van der Waals surface area contributed by atoms with Gasteiger partial charge in [0.25, 0.3) is 0 Å². The lowest BCUT2D eigenvalue weighted by atomic mass is 10.1. The Bertz CT molecular complexity index is 897. The van der Waals surface area contributed by atoms with E-state index in [0.717, 1.165) is 35.7 Å². The zero-order valence-electron chi connectivity index (χ0n) is 16.0. The van der Waals surface area contributed by atoms with E-state index < -0.39 is 0 Å². The largest absolute Gasteiger partial charge is 0.376 e. The van der Waals surface area contributed by atoms with E-state index in [1.807, 2.05) is 16.3 Å². The lowest BCUT2D eigenvalue weighted by Gasteiger charge is -2.25. The van der Waals surface area contributed by atoms with Gasteiger partial charge in [0.15, 0.2) is 0 Å². The number of aryl methyl sites for hydroxylation is 1. The Balaban J connectivity index is 1.45. The summed E-state index contributed by atoms with van der Waals surface area (Å²) in [6.07, 6.45) is 2.60. The number of carbonyl (C=O) groups is 1. The first kappa shape index (κ1) is 19.3. The van der Waals surface area contributed by atoms with Gasteiger partial charge in [0.05, 0.1) is 24.8 Å². The molecule has 0 aliphatic carbocycles. The van der Waals surface area contributed by atoms with E-state index in [0.29, 0.717) is 19.5 Å². The molecule has 3 aromatic rings. The molecule has 28 heavy (non-hydrogen) atoms. The van der Waals surface area contributed by atoms with Gasteiger partial charge >= 0.3 is 0 Å². The van der Waals surface area contributed by atoms with E-state index in [9.17, 15) is 4.79 Å². The molecule has 0 N–H and O–H groups in total. The molecule has 1 amide bonds. The van der Waals surface area contributed by atoms with Crippen molar-refractivity contribution in [2.45, 2.75) is 38.8 Å². The van der Waals surface area contributed by atoms with Crippen LogP contribution < -0.4 is 0 Å². The number of hydrogen-bond acceptors (Lipinski definition) is 5. The number of rotatable bonds is 7. The fraction of sp³-hybridized carbons (Fsp3) is 0.364. The van der Waals surface area contributed by atoms with Crippen molar-refractivity contribution in [3.05, 3.63) is 63.3 Å². The van der Waals surface area contributed by atoms with Crippen LogP contribution in [0.3, 0.4) is 0 Å². The number of aromatic nitrogens is 1. The Labute approximate surface area is 173 Å². The molecule has 1 aliphatic rings. The van der Waals surface area contributed by atoms with Crippen molar-refractivity contribution in [3.63, 3.8) is 0 Å². The number of benzene rings is 1. The van der Waals surface area contributed by atoms with Crippen LogP contribution >= 0.6 is 22.7 Å². The van der Waals surface area contributed by atoms with Crippen LogP contribution in [0.4, 0.5) is 0 Å². The monoisotopic (exact) mass is 412 g/mol. The summed E-state index contributed by atoms with van der Waals surface area (Å²) in [6, 6.07) is 12.5. The molecule has 1 aliphatic heterocycles. The van der Waals surface area contributed by atoms with Crippen LogP contribution in [0.2, 0.25) is 0 Å². The van der Waals surface area contributed by atoms with Crippen molar-refractivity contribution in [1.82, 2.24) is 9.88 Å². The molecule has 6 heteroatoms. The highest BCUT2D eigenvalue weighted by Crippen LogP contribution is 2.25. The van der Waals surface area contributed by atoms with Crippen LogP contribution in [0.25, 0.3) is 10.6 Å². The molecule has 146 valence electrons. The van der Waals surface area contributed by atoms with Crippen molar-refractivity contribution >= 4 is 28.6 Å². The van der Waals surface area contributed by atoms with E-state index >= 15 is 0 Å². The summed E-state index contributed by atoms with van der Waals surface area (Å²) in [6.45, 7) is 4.18. The average Bonchev–Trinajstić information content (AvgIpc) is 3.45. The first-order valence-corrected chi connectivity index (χ1v) is 11.4. The summed E-state index contributed by atoms with van der Waals surface area (Å²) < 4.78 is 5.77. The molecule has 2 aromatic heterocycles. The Morgan fingerprint density at radius 2 is 2.11 bits per heavy atom. The molecule has 1 aromatic carbocycles. The number of thiazole rings is 1. The first-order chi connectivity index (χ1) is 13.7. The topological polar surface area (TPSA) is 42.4 Å². The van der Waals surface area contributed by atoms with E-state index in [4.69, 9.17) is 9.72 Å². The lowest BCUT2D eigenvalue weighted by molar-refractivity contribution is -0.132. The van der Waals surface area contributed by atoms with E-state index in [1.54, 1.807) is 22.7 Å². The molecular formula is C22H24N2O2S2. The van der Waals surface area contributed by atoms with Crippen LogP contribution in [-0.2, 0) is 22.5 Å². The predicted molar refractivity (Wildman–Crippen MR) is 115 cm³/mol. The number of amides is 1. The molecule has 1 fully saturated rings. The molecule has 4 nitrogen and oxygen atoms in total. The fourth-order valence-electron chi connectivity index (χ4n) is 3.36. The lowest BCUT2D eigenvalue weighted by Crippen LogP contribution is -2.37. The summed E-state index contributed by atoms with van der Waals surface area (Å²) in [4.78, 5) is 20.9. The van der Waals surface area contributed by atoms with Gasteiger partial charge in [-0.1, -0.05) is 35.9 Å². The average molecular weight is 413 g/mol. The summed E-state index contributed by atoms with van der Waals surface area (Å²) in [5.41, 5.74) is 3.17. The Kier molecular flexibility index (Phi) is 6.20. The van der Waals surface area contributed by atoms with Gasteiger partial charge < -0.3 is 9.64 Å².